The molecule has 1 unspecified atom stereocenters. The highest BCUT2D eigenvalue weighted by atomic mass is 32.1. The fourth-order valence-corrected chi connectivity index (χ4v) is 4.70. The molecule has 32 heavy (non-hydrogen) atoms. The molecule has 3 heterocycles. The molecule has 4 aromatic rings. The second-order valence-electron chi connectivity index (χ2n) is 7.50. The lowest BCUT2D eigenvalue weighted by Crippen LogP contribution is -2.29. The van der Waals surface area contributed by atoms with Gasteiger partial charge in [-0.15, -0.1) is 0 Å². The first-order chi connectivity index (χ1) is 15.4. The lowest BCUT2D eigenvalue weighted by Gasteiger charge is -2.22. The van der Waals surface area contributed by atoms with E-state index in [-0.39, 0.29) is 33.6 Å². The Morgan fingerprint density at radius 1 is 1.09 bits per heavy atom. The molecule has 5 rings (SSSR count). The van der Waals surface area contributed by atoms with Crippen LogP contribution in [-0.4, -0.2) is 18.1 Å². The lowest BCUT2D eigenvalue weighted by atomic mass is 9.89. The molecule has 0 fully saturated rings. The molecule has 0 saturated heterocycles. The molecule has 2 aromatic heterocycles. The van der Waals surface area contributed by atoms with E-state index < -0.39 is 11.9 Å². The van der Waals surface area contributed by atoms with Crippen molar-refractivity contribution in [2.45, 2.75) is 19.3 Å². The van der Waals surface area contributed by atoms with Gasteiger partial charge in [-0.25, -0.2) is 4.98 Å². The Bertz CT molecular complexity index is 1490. The predicted molar refractivity (Wildman–Crippen MR) is 120 cm³/mol. The number of methoxy groups -OCH3 is 1. The molecule has 0 radical (unpaired) electrons. The number of hydrogen-bond donors (Lipinski definition) is 0. The van der Waals surface area contributed by atoms with E-state index in [2.05, 4.69) is 4.98 Å². The van der Waals surface area contributed by atoms with E-state index in [0.717, 1.165) is 16.9 Å². The molecule has 0 amide bonds. The van der Waals surface area contributed by atoms with Crippen molar-refractivity contribution in [2.75, 3.05) is 7.11 Å². The maximum Gasteiger partial charge on any atom is 0.313 e. The van der Waals surface area contributed by atoms with Gasteiger partial charge < -0.3 is 13.9 Å². The minimum absolute atomic E-state index is 0.0655. The van der Waals surface area contributed by atoms with Crippen LogP contribution >= 0.6 is 11.3 Å². The fourth-order valence-electron chi connectivity index (χ4n) is 3.81. The van der Waals surface area contributed by atoms with Crippen LogP contribution in [0.15, 0.2) is 62.7 Å². The van der Waals surface area contributed by atoms with E-state index in [4.69, 9.17) is 13.9 Å². The quantitative estimate of drug-likeness (QED) is 0.438. The molecule has 0 N–H and O–H groups in total. The first kappa shape index (κ1) is 20.1. The van der Waals surface area contributed by atoms with E-state index in [1.807, 2.05) is 13.0 Å². The normalized spacial score (nSPS) is 15.3. The number of ether oxygens (including phenoxy) is 2. The number of esters is 1. The van der Waals surface area contributed by atoms with Crippen LogP contribution in [0.5, 0.6) is 11.6 Å². The molecular weight excluding hydrogens is 430 g/mol. The summed E-state index contributed by atoms with van der Waals surface area (Å²) < 4.78 is 15.8. The smallest absolute Gasteiger partial charge is 0.313 e. The second-order valence-corrected chi connectivity index (χ2v) is 8.47. The number of rotatable bonds is 3. The number of aryl methyl sites for hydroxylation is 1. The van der Waals surface area contributed by atoms with Crippen molar-refractivity contribution in [3.63, 3.8) is 0 Å². The third-order valence-electron chi connectivity index (χ3n) is 5.44. The maximum absolute atomic E-state index is 13.2. The monoisotopic (exact) mass is 447 g/mol. The number of carbonyl (C=O) groups is 1. The van der Waals surface area contributed by atoms with Crippen molar-refractivity contribution < 1.29 is 18.7 Å². The highest BCUT2D eigenvalue weighted by Gasteiger charge is 2.35. The van der Waals surface area contributed by atoms with Crippen LogP contribution in [0.25, 0.3) is 21.5 Å². The highest BCUT2D eigenvalue weighted by Crippen LogP contribution is 2.37. The van der Waals surface area contributed by atoms with E-state index in [1.165, 1.54) is 6.26 Å². The van der Waals surface area contributed by atoms with E-state index in [9.17, 15) is 14.4 Å². The third kappa shape index (κ3) is 3.38. The van der Waals surface area contributed by atoms with Crippen LogP contribution in [-0.2, 0) is 4.79 Å². The average molecular weight is 447 g/mol. The van der Waals surface area contributed by atoms with E-state index in [1.54, 1.807) is 43.5 Å². The van der Waals surface area contributed by atoms with Gasteiger partial charge in [-0.3, -0.25) is 14.4 Å². The third-order valence-corrected chi connectivity index (χ3v) is 6.37. The number of carbonyl (C=O) groups excluding carboxylic acids is 1. The van der Waals surface area contributed by atoms with Crippen molar-refractivity contribution in [1.82, 2.24) is 4.98 Å². The van der Waals surface area contributed by atoms with Crippen LogP contribution in [0.2, 0.25) is 0 Å². The minimum atomic E-state index is -0.783. The molecule has 1 aliphatic rings. The predicted octanol–water partition coefficient (Wildman–Crippen LogP) is 4.03. The second kappa shape index (κ2) is 7.72. The summed E-state index contributed by atoms with van der Waals surface area (Å²) in [5, 5.41) is 0.804. The van der Waals surface area contributed by atoms with Crippen molar-refractivity contribution in [3.8, 4) is 22.2 Å². The van der Waals surface area contributed by atoms with Gasteiger partial charge in [0.1, 0.15) is 16.3 Å². The van der Waals surface area contributed by atoms with Gasteiger partial charge in [0.15, 0.2) is 5.43 Å². The molecule has 7 nitrogen and oxygen atoms in total. The van der Waals surface area contributed by atoms with Crippen LogP contribution in [0.4, 0.5) is 0 Å². The standard InChI is InChI=1S/C24H17NO6S/c1-12-3-8-15-18(9-12)30-11-17(21(15)27)16-10-19(26)31-22-20(16)24(28)32-23(25-22)13-4-6-14(29-2)7-5-13/h3-9,11,16H,10H2,1-2H3. The van der Waals surface area contributed by atoms with Crippen LogP contribution in [0.3, 0.4) is 0 Å². The fraction of sp³-hybridized carbons (Fsp3) is 0.167. The molecule has 0 spiro atoms. The minimum Gasteiger partial charge on any atom is -0.497 e. The van der Waals surface area contributed by atoms with Gasteiger partial charge in [0.25, 0.3) is 0 Å². The summed E-state index contributed by atoms with van der Waals surface area (Å²) >= 11 is 0.938. The van der Waals surface area contributed by atoms with Gasteiger partial charge in [0.2, 0.25) is 10.6 Å². The van der Waals surface area contributed by atoms with E-state index in [0.29, 0.717) is 27.3 Å². The van der Waals surface area contributed by atoms with Gasteiger partial charge in [0, 0.05) is 17.0 Å². The number of fused-ring (bicyclic) bond motifs is 2. The Labute approximate surface area is 185 Å². The van der Waals surface area contributed by atoms with Crippen LogP contribution in [0, 0.1) is 6.92 Å². The Hall–Kier alpha value is -3.78. The maximum atomic E-state index is 13.2. The summed E-state index contributed by atoms with van der Waals surface area (Å²) in [6.45, 7) is 1.90. The van der Waals surface area contributed by atoms with Crippen molar-refractivity contribution in [3.05, 3.63) is 85.2 Å². The molecule has 1 aliphatic heterocycles. The van der Waals surface area contributed by atoms with Crippen LogP contribution in [0.1, 0.15) is 29.0 Å². The lowest BCUT2D eigenvalue weighted by molar-refractivity contribution is -0.135. The zero-order valence-electron chi connectivity index (χ0n) is 17.2. The molecular formula is C24H17NO6S. The number of nitrogens with zero attached hydrogens (tertiary/aromatic N) is 1. The molecule has 0 aliphatic carbocycles. The first-order valence-corrected chi connectivity index (χ1v) is 10.7. The molecule has 2 aromatic carbocycles. The molecule has 0 bridgehead atoms. The summed E-state index contributed by atoms with van der Waals surface area (Å²) in [5.74, 6) is -0.739. The summed E-state index contributed by atoms with van der Waals surface area (Å²) in [6, 6.07) is 12.3. The Balaban J connectivity index is 1.65. The van der Waals surface area contributed by atoms with Gasteiger partial charge >= 0.3 is 5.97 Å². The zero-order valence-corrected chi connectivity index (χ0v) is 18.0. The average Bonchev–Trinajstić information content (AvgIpc) is 2.78. The SMILES string of the molecule is COc1ccc(-c2nc3c(c(=O)s2)C(c2coc4cc(C)ccc4c2=O)CC(=O)O3)cc1. The van der Waals surface area contributed by atoms with Gasteiger partial charge in [-0.05, 0) is 48.9 Å². The molecule has 8 heteroatoms. The molecule has 0 saturated carbocycles. The zero-order chi connectivity index (χ0) is 22.4. The summed E-state index contributed by atoms with van der Waals surface area (Å²) in [4.78, 5) is 43.1. The Morgan fingerprint density at radius 2 is 1.88 bits per heavy atom. The summed E-state index contributed by atoms with van der Waals surface area (Å²) in [5.41, 5.74) is 2.26. The Morgan fingerprint density at radius 3 is 2.62 bits per heavy atom. The van der Waals surface area contributed by atoms with Gasteiger partial charge in [-0.2, -0.15) is 0 Å². The highest BCUT2D eigenvalue weighted by molar-refractivity contribution is 7.12. The molecule has 1 atom stereocenters. The van der Waals surface area contributed by atoms with Crippen LogP contribution < -0.4 is 19.6 Å². The van der Waals surface area contributed by atoms with Crippen molar-refractivity contribution in [2.24, 2.45) is 0 Å². The largest absolute Gasteiger partial charge is 0.497 e. The summed E-state index contributed by atoms with van der Waals surface area (Å²) in [7, 11) is 1.56. The molecule has 160 valence electrons. The summed E-state index contributed by atoms with van der Waals surface area (Å²) in [6.07, 6.45) is 1.19. The van der Waals surface area contributed by atoms with Crippen molar-refractivity contribution >= 4 is 28.3 Å². The van der Waals surface area contributed by atoms with Crippen molar-refractivity contribution in [1.29, 1.82) is 0 Å². The number of hydrogen-bond acceptors (Lipinski definition) is 8. The van der Waals surface area contributed by atoms with Gasteiger partial charge in [0.05, 0.1) is 30.7 Å². The van der Waals surface area contributed by atoms with Gasteiger partial charge in [-0.1, -0.05) is 17.4 Å². The number of benzene rings is 2. The Kier molecular flexibility index (Phi) is 4.86. The van der Waals surface area contributed by atoms with E-state index >= 15 is 0 Å². The number of aromatic nitrogens is 1. The first-order valence-electron chi connectivity index (χ1n) is 9.87. The topological polar surface area (TPSA) is 95.7 Å².